The van der Waals surface area contributed by atoms with Crippen molar-refractivity contribution in [3.05, 3.63) is 23.8 Å². The number of rotatable bonds is 6. The summed E-state index contributed by atoms with van der Waals surface area (Å²) in [6.45, 7) is 7.60. The number of esters is 3. The first-order chi connectivity index (χ1) is 15.5. The zero-order valence-corrected chi connectivity index (χ0v) is 19.0. The molecular formula is C22H28N2O9. The minimum atomic E-state index is -1.42. The largest absolute Gasteiger partial charge is 0.505 e. The molecule has 11 nitrogen and oxygen atoms in total. The topological polar surface area (TPSA) is 157 Å². The molecule has 1 aromatic rings. The maximum absolute atomic E-state index is 12.9. The van der Waals surface area contributed by atoms with Crippen LogP contribution in [-0.4, -0.2) is 59.7 Å². The van der Waals surface area contributed by atoms with E-state index in [0.717, 1.165) is 0 Å². The van der Waals surface area contributed by atoms with E-state index in [0.29, 0.717) is 6.41 Å². The van der Waals surface area contributed by atoms with Crippen molar-refractivity contribution in [2.24, 2.45) is 11.8 Å². The summed E-state index contributed by atoms with van der Waals surface area (Å²) >= 11 is 0. The van der Waals surface area contributed by atoms with Gasteiger partial charge in [0.1, 0.15) is 12.2 Å². The molecule has 0 spiro atoms. The molecule has 11 heteroatoms. The lowest BCUT2D eigenvalue weighted by atomic mass is 10.00. The van der Waals surface area contributed by atoms with E-state index in [4.69, 9.17) is 14.2 Å². The van der Waals surface area contributed by atoms with Gasteiger partial charge >= 0.3 is 17.9 Å². The first kappa shape index (κ1) is 25.6. The molecule has 0 radical (unpaired) electrons. The van der Waals surface area contributed by atoms with Crippen molar-refractivity contribution in [3.8, 4) is 5.75 Å². The molecule has 5 unspecified atom stereocenters. The predicted octanol–water partition coefficient (Wildman–Crippen LogP) is 1.14. The van der Waals surface area contributed by atoms with Crippen LogP contribution in [0.5, 0.6) is 5.75 Å². The number of amides is 2. The van der Waals surface area contributed by atoms with Gasteiger partial charge in [0.05, 0.1) is 23.1 Å². The third kappa shape index (κ3) is 5.99. The summed E-state index contributed by atoms with van der Waals surface area (Å²) in [5.41, 5.74) is -0.232. The van der Waals surface area contributed by atoms with E-state index < -0.39 is 65.8 Å². The van der Waals surface area contributed by atoms with Crippen molar-refractivity contribution < 1.29 is 43.3 Å². The van der Waals surface area contributed by atoms with E-state index in [1.807, 2.05) is 0 Å². The summed E-state index contributed by atoms with van der Waals surface area (Å²) in [4.78, 5) is 61.0. The Morgan fingerprint density at radius 3 is 2.33 bits per heavy atom. The molecule has 2 rings (SSSR count). The van der Waals surface area contributed by atoms with Crippen LogP contribution in [0.1, 0.15) is 45.0 Å². The molecule has 0 saturated carbocycles. The van der Waals surface area contributed by atoms with Crippen molar-refractivity contribution in [3.63, 3.8) is 0 Å². The molecule has 3 N–H and O–H groups in total. The summed E-state index contributed by atoms with van der Waals surface area (Å²) in [6, 6.07) is 2.66. The molecule has 1 fully saturated rings. The number of ether oxygens (including phenoxy) is 3. The number of cyclic esters (lactones) is 2. The van der Waals surface area contributed by atoms with Crippen LogP contribution >= 0.6 is 0 Å². The number of hydrogen-bond donors (Lipinski definition) is 3. The summed E-state index contributed by atoms with van der Waals surface area (Å²) in [6.07, 6.45) is -2.91. The SMILES string of the molecule is CC(C)C(=O)OC1C(C)OC(=O)C(NC(=O)c2cccc(NC=O)c2O)C(C)OC(=O)C1C. The zero-order valence-electron chi connectivity index (χ0n) is 19.0. The van der Waals surface area contributed by atoms with E-state index in [9.17, 15) is 29.1 Å². The van der Waals surface area contributed by atoms with Crippen LogP contribution in [0.3, 0.4) is 0 Å². The number of benzene rings is 1. The molecule has 1 aromatic carbocycles. The Balaban J connectivity index is 2.29. The monoisotopic (exact) mass is 464 g/mol. The molecule has 1 saturated heterocycles. The number of carbonyl (C=O) groups is 5. The number of para-hydroxylation sites is 1. The van der Waals surface area contributed by atoms with Crippen molar-refractivity contribution >= 4 is 35.9 Å². The third-order valence-corrected chi connectivity index (χ3v) is 5.16. The smallest absolute Gasteiger partial charge is 0.332 e. The fourth-order valence-corrected chi connectivity index (χ4v) is 3.18. The first-order valence-corrected chi connectivity index (χ1v) is 10.4. The first-order valence-electron chi connectivity index (χ1n) is 10.4. The van der Waals surface area contributed by atoms with Crippen LogP contribution in [0, 0.1) is 11.8 Å². The fraction of sp³-hybridized carbons (Fsp3) is 0.500. The van der Waals surface area contributed by atoms with Gasteiger partial charge in [-0.15, -0.1) is 0 Å². The quantitative estimate of drug-likeness (QED) is 0.243. The van der Waals surface area contributed by atoms with E-state index in [-0.39, 0.29) is 11.3 Å². The Bertz CT molecular complexity index is 930. The van der Waals surface area contributed by atoms with Crippen LogP contribution in [-0.2, 0) is 33.4 Å². The number of nitrogens with one attached hydrogen (secondary N) is 2. The molecule has 33 heavy (non-hydrogen) atoms. The van der Waals surface area contributed by atoms with E-state index in [1.54, 1.807) is 13.8 Å². The van der Waals surface area contributed by atoms with Gasteiger partial charge in [-0.25, -0.2) is 4.79 Å². The minimum Gasteiger partial charge on any atom is -0.505 e. The average molecular weight is 464 g/mol. The molecular weight excluding hydrogens is 436 g/mol. The Morgan fingerprint density at radius 1 is 1.09 bits per heavy atom. The number of phenols is 1. The molecule has 0 aromatic heterocycles. The summed E-state index contributed by atoms with van der Waals surface area (Å²) in [7, 11) is 0. The van der Waals surface area contributed by atoms with Crippen LogP contribution in [0.2, 0.25) is 0 Å². The van der Waals surface area contributed by atoms with Gasteiger partial charge in [0.2, 0.25) is 6.41 Å². The van der Waals surface area contributed by atoms with E-state index >= 15 is 0 Å². The van der Waals surface area contributed by atoms with Crippen LogP contribution in [0.25, 0.3) is 0 Å². The average Bonchev–Trinajstić information content (AvgIpc) is 2.77. The van der Waals surface area contributed by atoms with Gasteiger partial charge in [-0.05, 0) is 32.9 Å². The van der Waals surface area contributed by atoms with Gasteiger partial charge in [0, 0.05) is 0 Å². The lowest BCUT2D eigenvalue weighted by Gasteiger charge is -2.27. The highest BCUT2D eigenvalue weighted by atomic mass is 16.6. The third-order valence-electron chi connectivity index (χ3n) is 5.16. The lowest BCUT2D eigenvalue weighted by molar-refractivity contribution is -0.175. The number of hydrogen-bond acceptors (Lipinski definition) is 9. The second-order valence-electron chi connectivity index (χ2n) is 8.04. The Labute approximate surface area is 190 Å². The predicted molar refractivity (Wildman–Crippen MR) is 114 cm³/mol. The molecule has 1 aliphatic heterocycles. The van der Waals surface area contributed by atoms with E-state index in [2.05, 4.69) is 10.6 Å². The Kier molecular flexibility index (Phi) is 8.38. The summed E-state index contributed by atoms with van der Waals surface area (Å²) < 4.78 is 16.1. The van der Waals surface area contributed by atoms with Gasteiger partial charge in [0.25, 0.3) is 5.91 Å². The second kappa shape index (κ2) is 10.8. The Morgan fingerprint density at radius 2 is 1.73 bits per heavy atom. The fourth-order valence-electron chi connectivity index (χ4n) is 3.18. The minimum absolute atomic E-state index is 0.00794. The molecule has 0 bridgehead atoms. The van der Waals surface area contributed by atoms with Gasteiger partial charge in [-0.3, -0.25) is 19.2 Å². The lowest BCUT2D eigenvalue weighted by Crippen LogP contribution is -2.50. The molecule has 1 heterocycles. The Hall–Kier alpha value is -3.63. The van der Waals surface area contributed by atoms with Gasteiger partial charge in [0.15, 0.2) is 17.9 Å². The zero-order chi connectivity index (χ0) is 24.9. The van der Waals surface area contributed by atoms with Crippen molar-refractivity contribution in [2.75, 3.05) is 5.32 Å². The van der Waals surface area contributed by atoms with Crippen LogP contribution < -0.4 is 10.6 Å². The highest BCUT2D eigenvalue weighted by molar-refractivity contribution is 6.01. The maximum atomic E-state index is 12.9. The summed E-state index contributed by atoms with van der Waals surface area (Å²) in [5.74, 6) is -5.01. The second-order valence-corrected chi connectivity index (χ2v) is 8.04. The number of aromatic hydroxyl groups is 1. The summed E-state index contributed by atoms with van der Waals surface area (Å²) in [5, 5.41) is 14.9. The highest BCUT2D eigenvalue weighted by Crippen LogP contribution is 2.27. The molecule has 0 aliphatic carbocycles. The molecule has 180 valence electrons. The van der Waals surface area contributed by atoms with Crippen LogP contribution in [0.4, 0.5) is 5.69 Å². The van der Waals surface area contributed by atoms with Crippen molar-refractivity contribution in [1.29, 1.82) is 0 Å². The van der Waals surface area contributed by atoms with Gasteiger partial charge < -0.3 is 30.0 Å². The van der Waals surface area contributed by atoms with Crippen molar-refractivity contribution in [1.82, 2.24) is 5.32 Å². The normalized spacial score (nSPS) is 25.6. The maximum Gasteiger partial charge on any atom is 0.332 e. The van der Waals surface area contributed by atoms with Crippen molar-refractivity contribution in [2.45, 2.75) is 59.0 Å². The van der Waals surface area contributed by atoms with Gasteiger partial charge in [-0.1, -0.05) is 19.9 Å². The number of phenolic OH excluding ortho intramolecular Hbond substituents is 1. The standard InChI is InChI=1S/C22H28N2O9/c1-10(2)20(28)33-18-11(3)21(29)31-12(4)16(22(30)32-13(18)5)24-19(27)14-7-6-8-15(17(14)26)23-9-25/h6-13,16,18,26H,1-5H3,(H,23,25)(H,24,27). The number of carbonyl (C=O) groups excluding carboxylic acids is 5. The van der Waals surface area contributed by atoms with E-state index in [1.165, 1.54) is 39.0 Å². The molecule has 1 aliphatic rings. The molecule has 5 atom stereocenters. The van der Waals surface area contributed by atoms with Gasteiger partial charge in [-0.2, -0.15) is 0 Å². The van der Waals surface area contributed by atoms with Crippen LogP contribution in [0.15, 0.2) is 18.2 Å². The number of anilines is 1. The molecule has 2 amide bonds. The highest BCUT2D eigenvalue weighted by Gasteiger charge is 2.42.